The van der Waals surface area contributed by atoms with E-state index in [9.17, 15) is 4.79 Å². The molecule has 1 aliphatic carbocycles. The van der Waals surface area contributed by atoms with Gasteiger partial charge in [0, 0.05) is 38.1 Å². The second-order valence-electron chi connectivity index (χ2n) is 6.87. The molecular weight excluding hydrogens is 310 g/mol. The van der Waals surface area contributed by atoms with Crippen molar-refractivity contribution >= 4 is 5.97 Å². The number of rotatable bonds is 7. The number of aryl methyl sites for hydroxylation is 1. The van der Waals surface area contributed by atoms with Gasteiger partial charge in [0.05, 0.1) is 18.2 Å². The third kappa shape index (κ3) is 3.48. The summed E-state index contributed by atoms with van der Waals surface area (Å²) >= 11 is 0. The maximum absolute atomic E-state index is 10.7. The Bertz CT molecular complexity index is 576. The molecule has 1 saturated carbocycles. The minimum Gasteiger partial charge on any atom is -0.480 e. The van der Waals surface area contributed by atoms with Crippen molar-refractivity contribution in [2.75, 3.05) is 26.8 Å². The van der Waals surface area contributed by atoms with Crippen molar-refractivity contribution in [3.05, 3.63) is 18.0 Å². The number of fused-ring (bicyclic) bond motifs is 1. The average Bonchev–Trinajstić information content (AvgIpc) is 3.14. The number of carboxylic acids is 1. The van der Waals surface area contributed by atoms with Gasteiger partial charge < -0.3 is 14.6 Å². The molecule has 1 N–H and O–H groups in total. The molecule has 24 heavy (non-hydrogen) atoms. The van der Waals surface area contributed by atoms with Gasteiger partial charge in [0.25, 0.3) is 0 Å². The molecule has 0 amide bonds. The summed E-state index contributed by atoms with van der Waals surface area (Å²) in [6, 6.07) is 2.30. The first-order chi connectivity index (χ1) is 11.5. The summed E-state index contributed by atoms with van der Waals surface area (Å²) in [7, 11) is 1.80. The topological polar surface area (TPSA) is 76.8 Å². The van der Waals surface area contributed by atoms with E-state index >= 15 is 0 Å². The summed E-state index contributed by atoms with van der Waals surface area (Å²) in [5.41, 5.74) is 1.06. The molecule has 0 radical (unpaired) electrons. The molecule has 7 heteroatoms. The molecule has 2 aliphatic rings. The lowest BCUT2D eigenvalue weighted by Crippen LogP contribution is -2.52. The standard InChI is InChI=1S/C17H27N3O4/c1-13-4-7-18-20(13)10-9-19-8-6-17(23-2)5-3-14(11-15(17)19)24-12-16(21)22/h4,7,14-15H,3,5-6,8-12H2,1-2H3,(H,21,22)/t14-,15-,17+/m0/s1. The Morgan fingerprint density at radius 1 is 1.46 bits per heavy atom. The molecule has 2 fully saturated rings. The van der Waals surface area contributed by atoms with E-state index in [-0.39, 0.29) is 24.4 Å². The number of methoxy groups -OCH3 is 1. The van der Waals surface area contributed by atoms with Crippen molar-refractivity contribution in [1.82, 2.24) is 14.7 Å². The van der Waals surface area contributed by atoms with Crippen molar-refractivity contribution in [2.45, 2.75) is 56.9 Å². The Balaban J connectivity index is 1.63. The van der Waals surface area contributed by atoms with Gasteiger partial charge in [0.2, 0.25) is 0 Å². The fraction of sp³-hybridized carbons (Fsp3) is 0.765. The highest BCUT2D eigenvalue weighted by atomic mass is 16.5. The summed E-state index contributed by atoms with van der Waals surface area (Å²) < 4.78 is 13.5. The Kier molecular flexibility index (Phi) is 5.22. The lowest BCUT2D eigenvalue weighted by molar-refractivity contribution is -0.148. The Hall–Kier alpha value is -1.44. The van der Waals surface area contributed by atoms with Gasteiger partial charge >= 0.3 is 5.97 Å². The quantitative estimate of drug-likeness (QED) is 0.808. The summed E-state index contributed by atoms with van der Waals surface area (Å²) in [5.74, 6) is -0.906. The minimum absolute atomic E-state index is 0.00131. The highest BCUT2D eigenvalue weighted by Crippen LogP contribution is 2.43. The second kappa shape index (κ2) is 7.21. The van der Waals surface area contributed by atoms with E-state index < -0.39 is 5.97 Å². The van der Waals surface area contributed by atoms with E-state index in [1.807, 2.05) is 16.9 Å². The number of ether oxygens (including phenoxy) is 2. The number of hydrogen-bond acceptors (Lipinski definition) is 5. The fourth-order valence-corrected chi connectivity index (χ4v) is 4.22. The fourth-order valence-electron chi connectivity index (χ4n) is 4.22. The van der Waals surface area contributed by atoms with Gasteiger partial charge in [0.1, 0.15) is 6.61 Å². The van der Waals surface area contributed by atoms with Crippen LogP contribution in [0.15, 0.2) is 12.3 Å². The van der Waals surface area contributed by atoms with Crippen LogP contribution in [0.4, 0.5) is 0 Å². The van der Waals surface area contributed by atoms with Crippen LogP contribution >= 0.6 is 0 Å². The molecule has 3 atom stereocenters. The third-order valence-electron chi connectivity index (χ3n) is 5.62. The van der Waals surface area contributed by atoms with Gasteiger partial charge in [-0.25, -0.2) is 4.79 Å². The van der Waals surface area contributed by atoms with E-state index in [4.69, 9.17) is 14.6 Å². The number of carbonyl (C=O) groups is 1. The molecule has 1 aromatic heterocycles. The van der Waals surface area contributed by atoms with Crippen molar-refractivity contribution in [1.29, 1.82) is 0 Å². The normalized spacial score (nSPS) is 30.4. The van der Waals surface area contributed by atoms with Gasteiger partial charge in [-0.2, -0.15) is 5.10 Å². The van der Waals surface area contributed by atoms with Crippen molar-refractivity contribution in [3.8, 4) is 0 Å². The predicted molar refractivity (Wildman–Crippen MR) is 87.9 cm³/mol. The van der Waals surface area contributed by atoms with Crippen molar-refractivity contribution in [2.24, 2.45) is 0 Å². The van der Waals surface area contributed by atoms with Crippen LogP contribution in [0.2, 0.25) is 0 Å². The molecule has 1 aliphatic heterocycles. The first-order valence-corrected chi connectivity index (χ1v) is 8.65. The first kappa shape index (κ1) is 17.4. The van der Waals surface area contributed by atoms with Crippen LogP contribution in [0.25, 0.3) is 0 Å². The zero-order valence-electron chi connectivity index (χ0n) is 14.5. The zero-order chi connectivity index (χ0) is 17.2. The number of hydrogen-bond donors (Lipinski definition) is 1. The van der Waals surface area contributed by atoms with Gasteiger partial charge in [0.15, 0.2) is 0 Å². The molecule has 0 unspecified atom stereocenters. The lowest BCUT2D eigenvalue weighted by Gasteiger charge is -2.43. The van der Waals surface area contributed by atoms with Crippen LogP contribution in [-0.2, 0) is 20.8 Å². The van der Waals surface area contributed by atoms with E-state index in [0.29, 0.717) is 0 Å². The Morgan fingerprint density at radius 2 is 2.29 bits per heavy atom. The molecule has 2 heterocycles. The van der Waals surface area contributed by atoms with E-state index in [1.165, 1.54) is 5.69 Å². The molecule has 1 saturated heterocycles. The lowest BCUT2D eigenvalue weighted by atomic mass is 9.79. The molecular formula is C17H27N3O4. The van der Waals surface area contributed by atoms with Gasteiger partial charge in [-0.1, -0.05) is 0 Å². The monoisotopic (exact) mass is 337 g/mol. The molecule has 3 rings (SSSR count). The smallest absolute Gasteiger partial charge is 0.329 e. The zero-order valence-corrected chi connectivity index (χ0v) is 14.5. The van der Waals surface area contributed by atoms with Gasteiger partial charge in [-0.05, 0) is 38.7 Å². The maximum Gasteiger partial charge on any atom is 0.329 e. The van der Waals surface area contributed by atoms with Gasteiger partial charge in [-0.3, -0.25) is 9.58 Å². The average molecular weight is 337 g/mol. The van der Waals surface area contributed by atoms with E-state index in [1.54, 1.807) is 7.11 Å². The highest BCUT2D eigenvalue weighted by Gasteiger charge is 2.51. The van der Waals surface area contributed by atoms with Crippen LogP contribution in [0.5, 0.6) is 0 Å². The summed E-state index contributed by atoms with van der Waals surface area (Å²) in [6.07, 6.45) is 5.48. The molecule has 0 spiro atoms. The molecule has 0 bridgehead atoms. The largest absolute Gasteiger partial charge is 0.480 e. The van der Waals surface area contributed by atoms with Crippen molar-refractivity contribution in [3.63, 3.8) is 0 Å². The SMILES string of the molecule is CO[C@@]12CC[C@H](OCC(=O)O)C[C@@H]1N(CCn1nccc1C)CC2. The highest BCUT2D eigenvalue weighted by molar-refractivity contribution is 5.68. The number of aromatic nitrogens is 2. The van der Waals surface area contributed by atoms with Crippen LogP contribution < -0.4 is 0 Å². The number of nitrogens with zero attached hydrogens (tertiary/aromatic N) is 3. The van der Waals surface area contributed by atoms with E-state index in [0.717, 1.165) is 45.3 Å². The van der Waals surface area contributed by atoms with Crippen LogP contribution in [0, 0.1) is 6.92 Å². The maximum atomic E-state index is 10.7. The number of aliphatic carboxylic acids is 1. The Morgan fingerprint density at radius 3 is 2.96 bits per heavy atom. The number of likely N-dealkylation sites (tertiary alicyclic amines) is 1. The molecule has 7 nitrogen and oxygen atoms in total. The van der Waals surface area contributed by atoms with Crippen LogP contribution in [0.1, 0.15) is 31.4 Å². The second-order valence-corrected chi connectivity index (χ2v) is 6.87. The molecule has 1 aromatic rings. The Labute approximate surface area is 142 Å². The van der Waals surface area contributed by atoms with E-state index in [2.05, 4.69) is 16.9 Å². The number of carboxylic acid groups (broad SMARTS) is 1. The third-order valence-corrected chi connectivity index (χ3v) is 5.62. The van der Waals surface area contributed by atoms with Crippen molar-refractivity contribution < 1.29 is 19.4 Å². The first-order valence-electron chi connectivity index (χ1n) is 8.65. The predicted octanol–water partition coefficient (Wildman–Crippen LogP) is 1.30. The minimum atomic E-state index is -0.906. The van der Waals surface area contributed by atoms with Crippen LogP contribution in [-0.4, -0.2) is 70.3 Å². The van der Waals surface area contributed by atoms with Crippen LogP contribution in [0.3, 0.4) is 0 Å². The van der Waals surface area contributed by atoms with Gasteiger partial charge in [-0.15, -0.1) is 0 Å². The molecule has 0 aromatic carbocycles. The molecule has 134 valence electrons. The summed E-state index contributed by atoms with van der Waals surface area (Å²) in [5, 5.41) is 13.2. The summed E-state index contributed by atoms with van der Waals surface area (Å²) in [4.78, 5) is 13.2. The summed E-state index contributed by atoms with van der Waals surface area (Å²) in [6.45, 7) is 4.63.